The van der Waals surface area contributed by atoms with Crippen molar-refractivity contribution >= 4 is 16.9 Å². The molecule has 2 aromatic heterocycles. The van der Waals surface area contributed by atoms with Gasteiger partial charge in [-0.1, -0.05) is 24.3 Å². The Morgan fingerprint density at radius 3 is 2.80 bits per heavy atom. The van der Waals surface area contributed by atoms with Gasteiger partial charge in [-0.15, -0.1) is 0 Å². The van der Waals surface area contributed by atoms with Crippen LogP contribution in [0.2, 0.25) is 0 Å². The third-order valence-corrected chi connectivity index (χ3v) is 3.38. The van der Waals surface area contributed by atoms with Gasteiger partial charge in [0.25, 0.3) is 0 Å². The van der Waals surface area contributed by atoms with Crippen molar-refractivity contribution in [2.45, 2.75) is 13.0 Å². The van der Waals surface area contributed by atoms with Crippen LogP contribution in [-0.2, 0) is 13.0 Å². The molecule has 4 nitrogen and oxygen atoms in total. The Hall–Kier alpha value is -2.62. The molecule has 0 saturated carbocycles. The minimum Gasteiger partial charge on any atom is -0.477 e. The number of carbonyl (C=O) groups is 1. The summed E-state index contributed by atoms with van der Waals surface area (Å²) in [5.41, 5.74) is 2.38. The molecule has 0 bridgehead atoms. The van der Waals surface area contributed by atoms with E-state index in [2.05, 4.69) is 4.98 Å². The molecule has 0 fully saturated rings. The zero-order chi connectivity index (χ0) is 13.9. The van der Waals surface area contributed by atoms with Crippen LogP contribution in [0.15, 0.2) is 54.9 Å². The summed E-state index contributed by atoms with van der Waals surface area (Å²) in [5, 5.41) is 10.3. The number of aryl methyl sites for hydroxylation is 2. The number of pyridine rings is 1. The summed E-state index contributed by atoms with van der Waals surface area (Å²) in [6.07, 6.45) is 4.30. The van der Waals surface area contributed by atoms with E-state index in [0.29, 0.717) is 12.2 Å². The van der Waals surface area contributed by atoms with Gasteiger partial charge >= 0.3 is 5.97 Å². The highest BCUT2D eigenvalue weighted by Crippen LogP contribution is 2.20. The van der Waals surface area contributed by atoms with Crippen LogP contribution in [0.25, 0.3) is 10.9 Å². The van der Waals surface area contributed by atoms with Crippen molar-refractivity contribution in [1.29, 1.82) is 0 Å². The quantitative estimate of drug-likeness (QED) is 0.789. The topological polar surface area (TPSA) is 55.1 Å². The molecule has 0 saturated heterocycles. The Morgan fingerprint density at radius 1 is 1.20 bits per heavy atom. The van der Waals surface area contributed by atoms with E-state index in [-0.39, 0.29) is 0 Å². The predicted octanol–water partition coefficient (Wildman–Crippen LogP) is 2.98. The number of benzene rings is 1. The van der Waals surface area contributed by atoms with Gasteiger partial charge in [-0.3, -0.25) is 4.98 Å². The van der Waals surface area contributed by atoms with E-state index in [4.69, 9.17) is 0 Å². The maximum absolute atomic E-state index is 11.4. The molecule has 100 valence electrons. The Bertz CT molecular complexity index is 748. The van der Waals surface area contributed by atoms with Crippen molar-refractivity contribution in [3.05, 3.63) is 66.1 Å². The Morgan fingerprint density at radius 2 is 2.05 bits per heavy atom. The van der Waals surface area contributed by atoms with Gasteiger partial charge in [0.1, 0.15) is 5.69 Å². The van der Waals surface area contributed by atoms with E-state index in [0.717, 1.165) is 22.9 Å². The maximum atomic E-state index is 11.4. The molecule has 0 radical (unpaired) electrons. The summed E-state index contributed by atoms with van der Waals surface area (Å²) in [7, 11) is 0. The normalized spacial score (nSPS) is 10.8. The summed E-state index contributed by atoms with van der Waals surface area (Å²) in [5.74, 6) is -0.896. The molecule has 20 heavy (non-hydrogen) atoms. The van der Waals surface area contributed by atoms with Gasteiger partial charge in [0.2, 0.25) is 0 Å². The summed E-state index contributed by atoms with van der Waals surface area (Å²) >= 11 is 0. The summed E-state index contributed by atoms with van der Waals surface area (Å²) in [6.45, 7) is 0.626. The highest BCUT2D eigenvalue weighted by Gasteiger charge is 2.13. The third-order valence-electron chi connectivity index (χ3n) is 3.38. The van der Waals surface area contributed by atoms with Gasteiger partial charge in [-0.25, -0.2) is 4.79 Å². The molecular weight excluding hydrogens is 252 g/mol. The molecule has 4 heteroatoms. The number of carboxylic acids is 1. The third kappa shape index (κ3) is 2.28. The van der Waals surface area contributed by atoms with E-state index in [1.807, 2.05) is 47.2 Å². The van der Waals surface area contributed by atoms with Crippen molar-refractivity contribution in [2.75, 3.05) is 0 Å². The minimum atomic E-state index is -0.896. The first-order chi connectivity index (χ1) is 9.75. The second-order valence-electron chi connectivity index (χ2n) is 4.66. The smallest absolute Gasteiger partial charge is 0.352 e. The zero-order valence-corrected chi connectivity index (χ0v) is 10.9. The summed E-state index contributed by atoms with van der Waals surface area (Å²) in [4.78, 5) is 15.4. The van der Waals surface area contributed by atoms with E-state index in [9.17, 15) is 9.90 Å². The number of hydrogen-bond acceptors (Lipinski definition) is 2. The number of aromatic carboxylic acids is 1. The molecule has 0 unspecified atom stereocenters. The van der Waals surface area contributed by atoms with E-state index in [1.165, 1.54) is 0 Å². The lowest BCUT2D eigenvalue weighted by Gasteiger charge is -2.08. The van der Waals surface area contributed by atoms with Crippen LogP contribution in [0.1, 0.15) is 16.1 Å². The van der Waals surface area contributed by atoms with Gasteiger partial charge in [-0.05, 0) is 30.2 Å². The molecule has 0 amide bonds. The fraction of sp³-hybridized carbons (Fsp3) is 0.125. The van der Waals surface area contributed by atoms with Crippen LogP contribution in [0.3, 0.4) is 0 Å². The monoisotopic (exact) mass is 266 g/mol. The fourth-order valence-corrected chi connectivity index (χ4v) is 2.42. The number of hydrogen-bond donors (Lipinski definition) is 1. The van der Waals surface area contributed by atoms with Crippen molar-refractivity contribution in [3.8, 4) is 0 Å². The van der Waals surface area contributed by atoms with Crippen molar-refractivity contribution in [2.24, 2.45) is 0 Å². The maximum Gasteiger partial charge on any atom is 0.352 e. The number of para-hydroxylation sites is 1. The van der Waals surface area contributed by atoms with E-state index in [1.54, 1.807) is 12.3 Å². The van der Waals surface area contributed by atoms with Gasteiger partial charge in [0.05, 0.1) is 0 Å². The van der Waals surface area contributed by atoms with Gasteiger partial charge < -0.3 is 9.67 Å². The predicted molar refractivity (Wildman–Crippen MR) is 76.8 cm³/mol. The molecule has 0 aliphatic carbocycles. The Balaban J connectivity index is 1.97. The van der Waals surface area contributed by atoms with Gasteiger partial charge in [0, 0.05) is 29.8 Å². The van der Waals surface area contributed by atoms with Gasteiger partial charge in [0.15, 0.2) is 0 Å². The molecule has 3 aromatic rings. The molecule has 0 aliphatic rings. The second kappa shape index (κ2) is 5.17. The highest BCUT2D eigenvalue weighted by molar-refractivity contribution is 5.94. The van der Waals surface area contributed by atoms with Crippen LogP contribution < -0.4 is 0 Å². The van der Waals surface area contributed by atoms with Crippen molar-refractivity contribution < 1.29 is 9.90 Å². The number of aromatic nitrogens is 2. The van der Waals surface area contributed by atoms with Crippen LogP contribution in [0.4, 0.5) is 0 Å². The standard InChI is InChI=1S/C16H14N2O2/c19-16(20)15-10-13-5-1-2-6-14(13)18(15)9-7-12-4-3-8-17-11-12/h1-6,8,10-11H,7,9H2,(H,19,20). The van der Waals surface area contributed by atoms with E-state index < -0.39 is 5.97 Å². The minimum absolute atomic E-state index is 0.329. The number of rotatable bonds is 4. The first kappa shape index (κ1) is 12.4. The number of fused-ring (bicyclic) bond motifs is 1. The Kier molecular flexibility index (Phi) is 3.21. The first-order valence-electron chi connectivity index (χ1n) is 6.46. The lowest BCUT2D eigenvalue weighted by Crippen LogP contribution is -2.10. The number of carboxylic acid groups (broad SMARTS) is 1. The van der Waals surface area contributed by atoms with Gasteiger partial charge in [-0.2, -0.15) is 0 Å². The van der Waals surface area contributed by atoms with Crippen LogP contribution in [0.5, 0.6) is 0 Å². The van der Waals surface area contributed by atoms with Crippen LogP contribution in [-0.4, -0.2) is 20.6 Å². The summed E-state index contributed by atoms with van der Waals surface area (Å²) < 4.78 is 1.85. The van der Waals surface area contributed by atoms with Crippen molar-refractivity contribution in [1.82, 2.24) is 9.55 Å². The molecule has 1 aromatic carbocycles. The second-order valence-corrected chi connectivity index (χ2v) is 4.66. The van der Waals surface area contributed by atoms with Crippen molar-refractivity contribution in [3.63, 3.8) is 0 Å². The lowest BCUT2D eigenvalue weighted by molar-refractivity contribution is 0.0685. The zero-order valence-electron chi connectivity index (χ0n) is 10.9. The molecule has 0 atom stereocenters. The molecular formula is C16H14N2O2. The Labute approximate surface area is 116 Å². The molecule has 1 N–H and O–H groups in total. The SMILES string of the molecule is O=C(O)c1cc2ccccc2n1CCc1cccnc1. The molecule has 0 aliphatic heterocycles. The highest BCUT2D eigenvalue weighted by atomic mass is 16.4. The fourth-order valence-electron chi connectivity index (χ4n) is 2.42. The molecule has 2 heterocycles. The van der Waals surface area contributed by atoms with Crippen LogP contribution in [0, 0.1) is 0 Å². The average Bonchev–Trinajstić information content (AvgIpc) is 2.85. The largest absolute Gasteiger partial charge is 0.477 e. The number of nitrogens with zero attached hydrogens (tertiary/aromatic N) is 2. The van der Waals surface area contributed by atoms with E-state index >= 15 is 0 Å². The first-order valence-corrected chi connectivity index (χ1v) is 6.46. The van der Waals surface area contributed by atoms with Crippen LogP contribution >= 0.6 is 0 Å². The lowest BCUT2D eigenvalue weighted by atomic mass is 10.2. The average molecular weight is 266 g/mol. The summed E-state index contributed by atoms with van der Waals surface area (Å²) in [6, 6.07) is 13.3. The molecule has 0 spiro atoms. The molecule has 3 rings (SSSR count).